The van der Waals surface area contributed by atoms with E-state index in [2.05, 4.69) is 16.2 Å². The Kier molecular flexibility index (Phi) is 4.39. The number of rotatable bonds is 3. The van der Waals surface area contributed by atoms with Crippen LogP contribution in [-0.4, -0.2) is 63.9 Å². The minimum Gasteiger partial charge on any atom is -0.374 e. The SMILES string of the molecule is Cn1cc(CN2CC[C@H]3OCCN(C(=O)c4ccsc4)[C@@H]3C2)cn1. The molecule has 0 bridgehead atoms. The molecule has 0 spiro atoms. The van der Waals surface area contributed by atoms with Crippen molar-refractivity contribution in [2.24, 2.45) is 7.05 Å². The number of carbonyl (C=O) groups excluding carboxylic acids is 1. The average Bonchev–Trinajstić information content (AvgIpc) is 3.25. The maximum Gasteiger partial charge on any atom is 0.255 e. The lowest BCUT2D eigenvalue weighted by Gasteiger charge is -2.47. The molecule has 24 heavy (non-hydrogen) atoms. The maximum atomic E-state index is 12.8. The molecule has 2 aromatic heterocycles. The van der Waals surface area contributed by atoms with Crippen LogP contribution in [0.25, 0.3) is 0 Å². The molecule has 2 aliphatic heterocycles. The highest BCUT2D eigenvalue weighted by atomic mass is 32.1. The molecule has 2 aliphatic rings. The van der Waals surface area contributed by atoms with Gasteiger partial charge >= 0.3 is 0 Å². The van der Waals surface area contributed by atoms with E-state index in [0.717, 1.165) is 31.6 Å². The smallest absolute Gasteiger partial charge is 0.255 e. The third kappa shape index (κ3) is 3.11. The Labute approximate surface area is 145 Å². The Morgan fingerprint density at radius 3 is 3.12 bits per heavy atom. The monoisotopic (exact) mass is 346 g/mol. The minimum absolute atomic E-state index is 0.136. The molecule has 0 radical (unpaired) electrons. The largest absolute Gasteiger partial charge is 0.374 e. The van der Waals surface area contributed by atoms with Gasteiger partial charge in [-0.15, -0.1) is 0 Å². The summed E-state index contributed by atoms with van der Waals surface area (Å²) in [5.41, 5.74) is 2.01. The molecule has 2 atom stereocenters. The van der Waals surface area contributed by atoms with Crippen molar-refractivity contribution in [2.45, 2.75) is 25.1 Å². The summed E-state index contributed by atoms with van der Waals surface area (Å²) < 4.78 is 7.78. The Balaban J connectivity index is 1.48. The van der Waals surface area contributed by atoms with Crippen LogP contribution in [0.3, 0.4) is 0 Å². The van der Waals surface area contributed by atoms with Gasteiger partial charge in [-0.05, 0) is 17.9 Å². The van der Waals surface area contributed by atoms with E-state index in [1.807, 2.05) is 39.7 Å². The van der Waals surface area contributed by atoms with E-state index in [4.69, 9.17) is 4.74 Å². The Hall–Kier alpha value is -1.70. The number of carbonyl (C=O) groups is 1. The number of hydrogen-bond donors (Lipinski definition) is 0. The van der Waals surface area contributed by atoms with Crippen molar-refractivity contribution in [2.75, 3.05) is 26.2 Å². The number of amides is 1. The lowest BCUT2D eigenvalue weighted by Crippen LogP contribution is -2.61. The topological polar surface area (TPSA) is 50.6 Å². The molecule has 0 saturated carbocycles. The molecule has 0 aliphatic carbocycles. The first kappa shape index (κ1) is 15.8. The number of likely N-dealkylation sites (tertiary alicyclic amines) is 1. The Morgan fingerprint density at radius 2 is 2.38 bits per heavy atom. The lowest BCUT2D eigenvalue weighted by molar-refractivity contribution is -0.0914. The number of ether oxygens (including phenoxy) is 1. The maximum absolute atomic E-state index is 12.8. The molecule has 4 rings (SSSR count). The third-order valence-corrected chi connectivity index (χ3v) is 5.55. The summed E-state index contributed by atoms with van der Waals surface area (Å²) in [4.78, 5) is 17.3. The zero-order valence-corrected chi connectivity index (χ0v) is 14.6. The second-order valence-electron chi connectivity index (χ2n) is 6.53. The van der Waals surface area contributed by atoms with Crippen molar-refractivity contribution >= 4 is 17.2 Å². The van der Waals surface area contributed by atoms with Crippen LogP contribution < -0.4 is 0 Å². The molecule has 0 N–H and O–H groups in total. The van der Waals surface area contributed by atoms with Crippen LogP contribution in [0.2, 0.25) is 0 Å². The molecule has 128 valence electrons. The summed E-state index contributed by atoms with van der Waals surface area (Å²) in [6, 6.07) is 2.05. The number of aromatic nitrogens is 2. The number of nitrogens with zero attached hydrogens (tertiary/aromatic N) is 4. The van der Waals surface area contributed by atoms with E-state index in [-0.39, 0.29) is 18.1 Å². The van der Waals surface area contributed by atoms with Crippen LogP contribution in [0.4, 0.5) is 0 Å². The van der Waals surface area contributed by atoms with E-state index < -0.39 is 0 Å². The average molecular weight is 346 g/mol. The van der Waals surface area contributed by atoms with E-state index in [1.54, 1.807) is 11.3 Å². The Morgan fingerprint density at radius 1 is 1.46 bits per heavy atom. The highest BCUT2D eigenvalue weighted by Gasteiger charge is 2.39. The molecule has 2 saturated heterocycles. The van der Waals surface area contributed by atoms with Gasteiger partial charge in [-0.25, -0.2) is 0 Å². The predicted molar refractivity (Wildman–Crippen MR) is 92.0 cm³/mol. The summed E-state index contributed by atoms with van der Waals surface area (Å²) in [6.07, 6.45) is 5.10. The number of fused-ring (bicyclic) bond motifs is 1. The summed E-state index contributed by atoms with van der Waals surface area (Å²) in [5.74, 6) is 0.137. The van der Waals surface area contributed by atoms with Gasteiger partial charge in [0, 0.05) is 50.4 Å². The molecular weight excluding hydrogens is 324 g/mol. The van der Waals surface area contributed by atoms with Gasteiger partial charge in [-0.2, -0.15) is 16.4 Å². The normalized spacial score (nSPS) is 24.8. The first-order valence-corrected chi connectivity index (χ1v) is 9.29. The van der Waals surface area contributed by atoms with Gasteiger partial charge in [0.25, 0.3) is 5.91 Å². The van der Waals surface area contributed by atoms with E-state index >= 15 is 0 Å². The van der Waals surface area contributed by atoms with Crippen molar-refractivity contribution in [1.29, 1.82) is 0 Å². The quantitative estimate of drug-likeness (QED) is 0.847. The van der Waals surface area contributed by atoms with Crippen LogP contribution in [0.5, 0.6) is 0 Å². The highest BCUT2D eigenvalue weighted by Crippen LogP contribution is 2.26. The number of hydrogen-bond acceptors (Lipinski definition) is 5. The fraction of sp³-hybridized carbons (Fsp3) is 0.529. The molecule has 1 amide bonds. The fourth-order valence-electron chi connectivity index (χ4n) is 3.70. The first-order chi connectivity index (χ1) is 11.7. The van der Waals surface area contributed by atoms with Crippen molar-refractivity contribution in [1.82, 2.24) is 19.6 Å². The second kappa shape index (κ2) is 6.66. The van der Waals surface area contributed by atoms with E-state index in [9.17, 15) is 4.79 Å². The molecule has 2 fully saturated rings. The molecular formula is C17H22N4O2S. The van der Waals surface area contributed by atoms with Gasteiger partial charge in [0.05, 0.1) is 30.5 Å². The van der Waals surface area contributed by atoms with Gasteiger partial charge < -0.3 is 9.64 Å². The van der Waals surface area contributed by atoms with Gasteiger partial charge in [0.2, 0.25) is 0 Å². The van der Waals surface area contributed by atoms with Gasteiger partial charge in [-0.3, -0.25) is 14.4 Å². The van der Waals surface area contributed by atoms with Gasteiger partial charge in [0.1, 0.15) is 0 Å². The van der Waals surface area contributed by atoms with Crippen molar-refractivity contribution in [3.8, 4) is 0 Å². The zero-order chi connectivity index (χ0) is 16.5. The van der Waals surface area contributed by atoms with Crippen molar-refractivity contribution in [3.63, 3.8) is 0 Å². The van der Waals surface area contributed by atoms with Crippen LogP contribution in [-0.2, 0) is 18.3 Å². The minimum atomic E-state index is 0.136. The van der Waals surface area contributed by atoms with Crippen molar-refractivity contribution < 1.29 is 9.53 Å². The fourth-order valence-corrected chi connectivity index (χ4v) is 4.33. The van der Waals surface area contributed by atoms with Crippen molar-refractivity contribution in [3.05, 3.63) is 40.3 Å². The highest BCUT2D eigenvalue weighted by molar-refractivity contribution is 7.08. The third-order valence-electron chi connectivity index (χ3n) is 4.86. The van der Waals surface area contributed by atoms with Crippen LogP contribution >= 0.6 is 11.3 Å². The lowest BCUT2D eigenvalue weighted by atomic mass is 9.97. The zero-order valence-electron chi connectivity index (χ0n) is 13.8. The number of aryl methyl sites for hydroxylation is 1. The number of thiophene rings is 1. The standard InChI is InChI=1S/C17H22N4O2S/c1-19-9-13(8-18-19)10-20-4-2-16-15(11-20)21(5-6-23-16)17(22)14-3-7-24-12-14/h3,7-9,12,15-16H,2,4-6,10-11H2,1H3/t15-,16-/m1/s1. The molecule has 0 aromatic carbocycles. The van der Waals surface area contributed by atoms with E-state index in [1.165, 1.54) is 5.56 Å². The molecule has 0 unspecified atom stereocenters. The summed E-state index contributed by atoms with van der Waals surface area (Å²) in [6.45, 7) is 4.04. The van der Waals surface area contributed by atoms with Gasteiger partial charge in [-0.1, -0.05) is 0 Å². The Bertz CT molecular complexity index is 699. The van der Waals surface area contributed by atoms with Crippen LogP contribution in [0, 0.1) is 0 Å². The molecule has 4 heterocycles. The van der Waals surface area contributed by atoms with Gasteiger partial charge in [0.15, 0.2) is 0 Å². The summed E-state index contributed by atoms with van der Waals surface area (Å²) >= 11 is 1.57. The summed E-state index contributed by atoms with van der Waals surface area (Å²) in [5, 5.41) is 8.14. The van der Waals surface area contributed by atoms with Crippen LogP contribution in [0.15, 0.2) is 29.2 Å². The number of piperidine rings is 1. The summed E-state index contributed by atoms with van der Waals surface area (Å²) in [7, 11) is 1.94. The van der Waals surface area contributed by atoms with E-state index in [0.29, 0.717) is 13.2 Å². The molecule has 6 nitrogen and oxygen atoms in total. The molecule has 2 aromatic rings. The molecule has 7 heteroatoms. The second-order valence-corrected chi connectivity index (χ2v) is 7.31. The number of morpholine rings is 1. The van der Waals surface area contributed by atoms with Crippen LogP contribution in [0.1, 0.15) is 22.3 Å². The first-order valence-electron chi connectivity index (χ1n) is 8.35. The predicted octanol–water partition coefficient (Wildman–Crippen LogP) is 1.60.